The van der Waals surface area contributed by atoms with Crippen molar-refractivity contribution in [1.29, 1.82) is 0 Å². The lowest BCUT2D eigenvalue weighted by molar-refractivity contribution is 0.0212. The Bertz CT molecular complexity index is 1230. The van der Waals surface area contributed by atoms with Gasteiger partial charge in [-0.3, -0.25) is 0 Å². The average Bonchev–Trinajstić information content (AvgIpc) is 3.28. The number of ether oxygens (including phenoxy) is 1. The molecule has 2 aliphatic heterocycles. The van der Waals surface area contributed by atoms with Gasteiger partial charge in [0, 0.05) is 25.6 Å². The van der Waals surface area contributed by atoms with E-state index in [0.717, 1.165) is 74.4 Å². The van der Waals surface area contributed by atoms with Gasteiger partial charge < -0.3 is 19.6 Å². The van der Waals surface area contributed by atoms with Crippen LogP contribution in [-0.2, 0) is 4.74 Å². The lowest BCUT2D eigenvalue weighted by Gasteiger charge is -2.35. The molecule has 0 bridgehead atoms. The Kier molecular flexibility index (Phi) is 7.11. The second-order valence-corrected chi connectivity index (χ2v) is 10.8. The molecule has 3 fully saturated rings. The molecule has 0 atom stereocenters. The molecule has 2 aromatic heterocycles. The van der Waals surface area contributed by atoms with Crippen LogP contribution < -0.4 is 4.90 Å². The Balaban J connectivity index is 1.26. The summed E-state index contributed by atoms with van der Waals surface area (Å²) in [6, 6.07) is 11.7. The number of rotatable bonds is 8. The number of hydrogen-bond acceptors (Lipinski definition) is 6. The summed E-state index contributed by atoms with van der Waals surface area (Å²) in [5.41, 5.74) is 3.63. The molecule has 4 heterocycles. The topological polar surface area (TPSA) is 83.7 Å². The highest BCUT2D eigenvalue weighted by Gasteiger charge is 2.31. The molecule has 0 amide bonds. The summed E-state index contributed by atoms with van der Waals surface area (Å²) in [6.07, 6.45) is 9.56. The van der Waals surface area contributed by atoms with E-state index < -0.39 is 5.97 Å². The first-order chi connectivity index (χ1) is 18.2. The fourth-order valence-electron chi connectivity index (χ4n) is 5.99. The van der Waals surface area contributed by atoms with Crippen LogP contribution in [0.15, 0.2) is 36.4 Å². The van der Waals surface area contributed by atoms with Crippen molar-refractivity contribution in [2.45, 2.75) is 63.4 Å². The Morgan fingerprint density at radius 3 is 2.41 bits per heavy atom. The Morgan fingerprint density at radius 2 is 1.73 bits per heavy atom. The number of aromatic nitrogens is 3. The third-order valence-corrected chi connectivity index (χ3v) is 8.35. The fourth-order valence-corrected chi connectivity index (χ4v) is 5.99. The van der Waals surface area contributed by atoms with Crippen LogP contribution in [0.5, 0.6) is 0 Å². The molecule has 8 nitrogen and oxygen atoms in total. The van der Waals surface area contributed by atoms with Crippen molar-refractivity contribution in [3.63, 3.8) is 0 Å². The fraction of sp³-hybridized carbons (Fsp3) is 0.552. The highest BCUT2D eigenvalue weighted by atomic mass is 16.5. The highest BCUT2D eigenvalue weighted by Crippen LogP contribution is 2.43. The first kappa shape index (κ1) is 24.4. The summed E-state index contributed by atoms with van der Waals surface area (Å²) < 4.78 is 8.12. The number of hydrogen-bond donors (Lipinski definition) is 1. The predicted molar refractivity (Wildman–Crippen MR) is 144 cm³/mol. The highest BCUT2D eigenvalue weighted by molar-refractivity contribution is 5.98. The minimum absolute atomic E-state index is 0.0691. The Hall–Kier alpha value is -2.97. The van der Waals surface area contributed by atoms with E-state index in [4.69, 9.17) is 9.84 Å². The van der Waals surface area contributed by atoms with Gasteiger partial charge in [0.15, 0.2) is 11.3 Å². The number of likely N-dealkylation sites (tertiary alicyclic amines) is 1. The summed E-state index contributed by atoms with van der Waals surface area (Å²) in [7, 11) is 0. The molecule has 6 rings (SSSR count). The number of aromatic carboxylic acids is 1. The summed E-state index contributed by atoms with van der Waals surface area (Å²) in [4.78, 5) is 21.6. The third kappa shape index (κ3) is 5.09. The molecule has 1 aliphatic carbocycles. The van der Waals surface area contributed by atoms with Crippen molar-refractivity contribution >= 4 is 22.7 Å². The zero-order chi connectivity index (χ0) is 25.2. The number of carboxylic acids is 1. The molecule has 1 saturated carbocycles. The van der Waals surface area contributed by atoms with Crippen molar-refractivity contribution in [3.05, 3.63) is 47.8 Å². The van der Waals surface area contributed by atoms with Gasteiger partial charge in [0.25, 0.3) is 0 Å². The number of para-hydroxylation sites is 1. The number of piperidine rings is 2. The molecule has 0 spiro atoms. The molecular formula is C29H37N5O3. The molecule has 1 N–H and O–H groups in total. The SMILES string of the molecule is O=C(O)c1cc(N2CCC(OCCN3CCCCC3)CC2)c2c(C3CCC3)nn(-c3ccccc3)c2n1. The molecule has 2 saturated heterocycles. The van der Waals surface area contributed by atoms with Gasteiger partial charge in [-0.1, -0.05) is 31.0 Å². The van der Waals surface area contributed by atoms with Crippen LogP contribution >= 0.6 is 0 Å². The number of carbonyl (C=O) groups is 1. The van der Waals surface area contributed by atoms with Crippen molar-refractivity contribution < 1.29 is 14.6 Å². The zero-order valence-electron chi connectivity index (χ0n) is 21.5. The van der Waals surface area contributed by atoms with Crippen LogP contribution in [-0.4, -0.2) is 76.2 Å². The average molecular weight is 504 g/mol. The molecule has 0 radical (unpaired) electrons. The van der Waals surface area contributed by atoms with Gasteiger partial charge >= 0.3 is 5.97 Å². The first-order valence-electron chi connectivity index (χ1n) is 14.0. The van der Waals surface area contributed by atoms with E-state index in [9.17, 15) is 9.90 Å². The largest absolute Gasteiger partial charge is 0.477 e. The van der Waals surface area contributed by atoms with Crippen LogP contribution in [0.2, 0.25) is 0 Å². The first-order valence-corrected chi connectivity index (χ1v) is 14.0. The van der Waals surface area contributed by atoms with Crippen LogP contribution in [0.25, 0.3) is 16.7 Å². The standard InChI is InChI=1S/C29H37N5O3/c35-29(36)24-20-25(33-16-12-23(13-17-33)37-19-18-32-14-5-2-6-15-32)26-27(21-8-7-9-21)31-34(28(26)30-24)22-10-3-1-4-11-22/h1,3-4,10-11,20-21,23H,2,5-9,12-19H2,(H,35,36). The quantitative estimate of drug-likeness (QED) is 0.470. The predicted octanol–water partition coefficient (Wildman–Crippen LogP) is 4.86. The lowest BCUT2D eigenvalue weighted by atomic mass is 9.82. The van der Waals surface area contributed by atoms with Crippen LogP contribution in [0, 0.1) is 0 Å². The van der Waals surface area contributed by atoms with Crippen LogP contribution in [0.4, 0.5) is 5.69 Å². The molecule has 1 aromatic carbocycles. The Labute approximate surface area is 218 Å². The monoisotopic (exact) mass is 503 g/mol. The third-order valence-electron chi connectivity index (χ3n) is 8.35. The second-order valence-electron chi connectivity index (χ2n) is 10.8. The molecule has 37 heavy (non-hydrogen) atoms. The maximum Gasteiger partial charge on any atom is 0.354 e. The van der Waals surface area contributed by atoms with Crippen molar-refractivity contribution in [2.75, 3.05) is 44.2 Å². The number of nitrogens with zero attached hydrogens (tertiary/aromatic N) is 5. The van der Waals surface area contributed by atoms with Gasteiger partial charge in [-0.05, 0) is 69.8 Å². The van der Waals surface area contributed by atoms with Gasteiger partial charge in [0.05, 0.1) is 35.2 Å². The molecule has 8 heteroatoms. The van der Waals surface area contributed by atoms with Gasteiger partial charge in [-0.25, -0.2) is 14.5 Å². The maximum atomic E-state index is 12.1. The number of fused-ring (bicyclic) bond motifs is 1. The normalized spacial score (nSPS) is 19.8. The van der Waals surface area contributed by atoms with E-state index in [1.54, 1.807) is 6.07 Å². The number of anilines is 1. The zero-order valence-corrected chi connectivity index (χ0v) is 21.5. The van der Waals surface area contributed by atoms with Gasteiger partial charge in [-0.15, -0.1) is 0 Å². The van der Waals surface area contributed by atoms with Crippen LogP contribution in [0.3, 0.4) is 0 Å². The molecular weight excluding hydrogens is 466 g/mol. The van der Waals surface area contributed by atoms with Crippen molar-refractivity contribution in [1.82, 2.24) is 19.7 Å². The minimum atomic E-state index is -1.01. The van der Waals surface area contributed by atoms with E-state index >= 15 is 0 Å². The summed E-state index contributed by atoms with van der Waals surface area (Å²) in [5.74, 6) is -0.607. The Morgan fingerprint density at radius 1 is 0.973 bits per heavy atom. The molecule has 3 aliphatic rings. The van der Waals surface area contributed by atoms with E-state index in [1.807, 2.05) is 35.0 Å². The molecule has 196 valence electrons. The van der Waals surface area contributed by atoms with Gasteiger partial charge in [0.2, 0.25) is 0 Å². The minimum Gasteiger partial charge on any atom is -0.477 e. The molecule has 0 unspecified atom stereocenters. The van der Waals surface area contributed by atoms with Crippen molar-refractivity contribution in [3.8, 4) is 5.69 Å². The summed E-state index contributed by atoms with van der Waals surface area (Å²) >= 11 is 0. The number of benzene rings is 1. The van der Waals surface area contributed by atoms with Gasteiger partial charge in [-0.2, -0.15) is 5.10 Å². The van der Waals surface area contributed by atoms with E-state index in [2.05, 4.69) is 14.8 Å². The van der Waals surface area contributed by atoms with Gasteiger partial charge in [0.1, 0.15) is 0 Å². The second kappa shape index (κ2) is 10.8. The summed E-state index contributed by atoms with van der Waals surface area (Å²) in [5, 5.41) is 16.0. The van der Waals surface area contributed by atoms with E-state index in [-0.39, 0.29) is 11.8 Å². The summed E-state index contributed by atoms with van der Waals surface area (Å²) in [6.45, 7) is 5.90. The maximum absolute atomic E-state index is 12.1. The van der Waals surface area contributed by atoms with E-state index in [0.29, 0.717) is 11.6 Å². The molecule has 3 aromatic rings. The number of carboxylic acid groups (broad SMARTS) is 1. The van der Waals surface area contributed by atoms with Crippen molar-refractivity contribution in [2.24, 2.45) is 0 Å². The van der Waals surface area contributed by atoms with E-state index in [1.165, 1.54) is 38.8 Å². The lowest BCUT2D eigenvalue weighted by Crippen LogP contribution is -2.39. The smallest absolute Gasteiger partial charge is 0.354 e. The number of pyridine rings is 1. The van der Waals surface area contributed by atoms with Crippen LogP contribution in [0.1, 0.15) is 73.5 Å².